The van der Waals surface area contributed by atoms with Crippen molar-refractivity contribution in [1.29, 1.82) is 0 Å². The van der Waals surface area contributed by atoms with Crippen molar-refractivity contribution >= 4 is 21.7 Å². The molecule has 7 heteroatoms. The van der Waals surface area contributed by atoms with E-state index in [0.717, 1.165) is 66.4 Å². The first kappa shape index (κ1) is 29.2. The Morgan fingerprint density at radius 2 is 0.980 bits per heavy atom. The Morgan fingerprint density at radius 3 is 1.74 bits per heavy atom. The van der Waals surface area contributed by atoms with E-state index in [-0.39, 0.29) is 0 Å². The molecule has 0 spiro atoms. The number of aromatic nitrogens is 7. The minimum absolute atomic E-state index is 0.489. The van der Waals surface area contributed by atoms with Crippen LogP contribution in [-0.4, -0.2) is 34.9 Å². The highest BCUT2D eigenvalue weighted by Crippen LogP contribution is 2.33. The average Bonchev–Trinajstić information content (AvgIpc) is 3.21. The molecule has 5 heterocycles. The van der Waals surface area contributed by atoms with Gasteiger partial charge in [-0.3, -0.25) is 15.0 Å². The summed E-state index contributed by atoms with van der Waals surface area (Å²) in [6.07, 6.45) is 7.30. The molecule has 9 rings (SSSR count). The van der Waals surface area contributed by atoms with Crippen LogP contribution in [0.25, 0.3) is 89.6 Å². The van der Waals surface area contributed by atoms with Gasteiger partial charge in [0.1, 0.15) is 5.69 Å². The molecule has 0 radical (unpaired) electrons. The number of hydrogen-bond donors (Lipinski definition) is 0. The summed E-state index contributed by atoms with van der Waals surface area (Å²) in [4.78, 5) is 33.6. The molecule has 0 atom stereocenters. The Labute approximate surface area is 288 Å². The fraction of sp³-hybridized carbons (Fsp3) is 0. The van der Waals surface area contributed by atoms with Crippen LogP contribution in [0.2, 0.25) is 0 Å². The summed E-state index contributed by atoms with van der Waals surface area (Å²) in [5.41, 5.74) is 9.06. The van der Waals surface area contributed by atoms with E-state index in [9.17, 15) is 0 Å². The molecule has 0 bridgehead atoms. The van der Waals surface area contributed by atoms with Gasteiger partial charge in [-0.15, -0.1) is 0 Å². The van der Waals surface area contributed by atoms with Crippen LogP contribution in [0, 0.1) is 0 Å². The average molecular weight is 642 g/mol. The van der Waals surface area contributed by atoms with Gasteiger partial charge in [0, 0.05) is 52.3 Å². The van der Waals surface area contributed by atoms with Crippen LogP contribution < -0.4 is 0 Å². The molecule has 0 amide bonds. The van der Waals surface area contributed by atoms with E-state index in [0.29, 0.717) is 23.2 Å². The van der Waals surface area contributed by atoms with Gasteiger partial charge in [-0.1, -0.05) is 109 Å². The molecule has 0 aliphatic heterocycles. The summed E-state index contributed by atoms with van der Waals surface area (Å²) in [5.74, 6) is 1.64. The third-order valence-electron chi connectivity index (χ3n) is 8.74. The van der Waals surface area contributed by atoms with Crippen molar-refractivity contribution in [2.75, 3.05) is 0 Å². The number of hydrogen-bond acceptors (Lipinski definition) is 7. The van der Waals surface area contributed by atoms with Gasteiger partial charge in [-0.05, 0) is 52.4 Å². The van der Waals surface area contributed by atoms with Crippen LogP contribution in [0.4, 0.5) is 0 Å². The Bertz CT molecular complexity index is 2620. The number of nitrogens with zero attached hydrogens (tertiary/aromatic N) is 7. The van der Waals surface area contributed by atoms with Gasteiger partial charge in [0.2, 0.25) is 0 Å². The predicted molar refractivity (Wildman–Crippen MR) is 199 cm³/mol. The second-order valence-corrected chi connectivity index (χ2v) is 11.9. The standard InChI is InChI=1S/C43H27N7/c1-2-9-29(10-3-1)41-48-42(30-18-16-28(17-19-30)32-11-8-23-44-26-32)50-43(49-41)39-25-31(22-24-45-39)33-20-21-38(46-27-33)40-36-14-5-4-12-34(36)35-13-6-7-15-37(35)47-40/h1-27H. The normalized spacial score (nSPS) is 11.2. The summed E-state index contributed by atoms with van der Waals surface area (Å²) in [6.45, 7) is 0. The van der Waals surface area contributed by atoms with Gasteiger partial charge < -0.3 is 0 Å². The van der Waals surface area contributed by atoms with Gasteiger partial charge in [-0.2, -0.15) is 0 Å². The van der Waals surface area contributed by atoms with E-state index in [4.69, 9.17) is 29.9 Å². The molecule has 0 unspecified atom stereocenters. The fourth-order valence-electron chi connectivity index (χ4n) is 6.22. The molecule has 0 fully saturated rings. The molecule has 0 N–H and O–H groups in total. The molecule has 0 aliphatic carbocycles. The third kappa shape index (κ3) is 5.52. The zero-order valence-electron chi connectivity index (χ0n) is 26.7. The maximum Gasteiger partial charge on any atom is 0.182 e. The third-order valence-corrected chi connectivity index (χ3v) is 8.74. The van der Waals surface area contributed by atoms with E-state index in [1.165, 1.54) is 0 Å². The first-order chi connectivity index (χ1) is 24.8. The molecular formula is C43H27N7. The summed E-state index contributed by atoms with van der Waals surface area (Å²) < 4.78 is 0. The first-order valence-corrected chi connectivity index (χ1v) is 16.3. The van der Waals surface area contributed by atoms with Crippen LogP contribution in [0.5, 0.6) is 0 Å². The Morgan fingerprint density at radius 1 is 0.340 bits per heavy atom. The summed E-state index contributed by atoms with van der Waals surface area (Å²) in [7, 11) is 0. The van der Waals surface area contributed by atoms with Crippen molar-refractivity contribution in [3.8, 4) is 67.9 Å². The van der Waals surface area contributed by atoms with Crippen molar-refractivity contribution in [2.24, 2.45) is 0 Å². The molecule has 0 saturated heterocycles. The second kappa shape index (κ2) is 12.6. The summed E-state index contributed by atoms with van der Waals surface area (Å²) >= 11 is 0. The topological polar surface area (TPSA) is 90.2 Å². The van der Waals surface area contributed by atoms with Crippen LogP contribution in [0.1, 0.15) is 0 Å². The van der Waals surface area contributed by atoms with Crippen molar-refractivity contribution in [3.63, 3.8) is 0 Å². The van der Waals surface area contributed by atoms with Gasteiger partial charge in [-0.25, -0.2) is 19.9 Å². The minimum Gasteiger partial charge on any atom is -0.264 e. The lowest BCUT2D eigenvalue weighted by atomic mass is 10.0. The van der Waals surface area contributed by atoms with Crippen LogP contribution in [-0.2, 0) is 0 Å². The summed E-state index contributed by atoms with van der Waals surface area (Å²) in [5, 5.41) is 3.37. The van der Waals surface area contributed by atoms with E-state index < -0.39 is 0 Å². The van der Waals surface area contributed by atoms with E-state index in [1.54, 1.807) is 12.4 Å². The van der Waals surface area contributed by atoms with Gasteiger partial charge >= 0.3 is 0 Å². The number of para-hydroxylation sites is 1. The lowest BCUT2D eigenvalue weighted by Crippen LogP contribution is -2.01. The summed E-state index contributed by atoms with van der Waals surface area (Å²) in [6, 6.07) is 46.8. The molecule has 0 aliphatic rings. The highest BCUT2D eigenvalue weighted by Gasteiger charge is 2.15. The fourth-order valence-corrected chi connectivity index (χ4v) is 6.22. The molecule has 50 heavy (non-hydrogen) atoms. The maximum absolute atomic E-state index is 5.02. The zero-order chi connectivity index (χ0) is 33.3. The minimum atomic E-state index is 0.489. The highest BCUT2D eigenvalue weighted by molar-refractivity contribution is 6.10. The van der Waals surface area contributed by atoms with E-state index >= 15 is 0 Å². The van der Waals surface area contributed by atoms with E-state index in [2.05, 4.69) is 47.4 Å². The number of benzene rings is 4. The second-order valence-electron chi connectivity index (χ2n) is 11.9. The van der Waals surface area contributed by atoms with E-state index in [1.807, 2.05) is 109 Å². The largest absolute Gasteiger partial charge is 0.264 e. The lowest BCUT2D eigenvalue weighted by Gasteiger charge is -2.11. The van der Waals surface area contributed by atoms with Crippen molar-refractivity contribution < 1.29 is 0 Å². The Kier molecular flexibility index (Phi) is 7.33. The maximum atomic E-state index is 5.02. The molecule has 234 valence electrons. The molecule has 4 aromatic carbocycles. The first-order valence-electron chi connectivity index (χ1n) is 16.3. The highest BCUT2D eigenvalue weighted by atomic mass is 15.0. The molecule has 9 aromatic rings. The monoisotopic (exact) mass is 641 g/mol. The van der Waals surface area contributed by atoms with Crippen LogP contribution in [0.3, 0.4) is 0 Å². The van der Waals surface area contributed by atoms with Crippen LogP contribution >= 0.6 is 0 Å². The smallest absolute Gasteiger partial charge is 0.182 e. The Balaban J connectivity index is 1.09. The SMILES string of the molecule is c1ccc(-c2nc(-c3ccc(-c4cccnc4)cc3)nc(-c3cc(-c4ccc(-c5nc6ccccc6c6ccccc56)nc4)ccn3)n2)cc1. The molecular weight excluding hydrogens is 615 g/mol. The van der Waals surface area contributed by atoms with Crippen LogP contribution in [0.15, 0.2) is 164 Å². The van der Waals surface area contributed by atoms with Crippen molar-refractivity contribution in [2.45, 2.75) is 0 Å². The predicted octanol–water partition coefficient (Wildman–Crippen LogP) is 9.76. The number of rotatable bonds is 6. The molecule has 5 aromatic heterocycles. The molecule has 7 nitrogen and oxygen atoms in total. The lowest BCUT2D eigenvalue weighted by molar-refractivity contribution is 1.06. The van der Waals surface area contributed by atoms with Crippen molar-refractivity contribution in [1.82, 2.24) is 34.9 Å². The number of pyridine rings is 4. The van der Waals surface area contributed by atoms with Gasteiger partial charge in [0.25, 0.3) is 0 Å². The zero-order valence-corrected chi connectivity index (χ0v) is 26.7. The van der Waals surface area contributed by atoms with Crippen molar-refractivity contribution in [3.05, 3.63) is 164 Å². The molecule has 0 saturated carbocycles. The quantitative estimate of drug-likeness (QED) is 0.167. The van der Waals surface area contributed by atoms with Gasteiger partial charge in [0.15, 0.2) is 17.5 Å². The van der Waals surface area contributed by atoms with Gasteiger partial charge in [0.05, 0.1) is 16.9 Å². The Hall–Kier alpha value is -6.99. The number of fused-ring (bicyclic) bond motifs is 3.